The van der Waals surface area contributed by atoms with Crippen molar-refractivity contribution in [3.63, 3.8) is 0 Å². The Morgan fingerprint density at radius 3 is 2.57 bits per heavy atom. The molecular weight excluding hydrogens is 344 g/mol. The Morgan fingerprint density at radius 1 is 1.21 bits per heavy atom. The molecule has 0 aliphatic carbocycles. The number of benzene rings is 2. The fourth-order valence-corrected chi connectivity index (χ4v) is 4.16. The molecule has 0 N–H and O–H groups in total. The largest absolute Gasteiger partial charge is 0.496 e. The van der Waals surface area contributed by atoms with Crippen LogP contribution in [0.5, 0.6) is 5.75 Å². The summed E-state index contributed by atoms with van der Waals surface area (Å²) in [5.41, 5.74) is 6.18. The molecule has 28 heavy (non-hydrogen) atoms. The Morgan fingerprint density at radius 2 is 1.93 bits per heavy atom. The number of nitrogens with zero attached hydrogens (tertiary/aromatic N) is 2. The highest BCUT2D eigenvalue weighted by Gasteiger charge is 2.34. The third kappa shape index (κ3) is 4.24. The molecule has 0 amide bonds. The number of aliphatic imine (C=N–C) groups is 1. The SMILES string of the molecule is CCCCc1ccc(N=Cc2cc3c(cc2OC)N(C)C(C)(C)CC3C)cc1. The maximum atomic E-state index is 5.70. The van der Waals surface area contributed by atoms with Crippen LogP contribution in [0.1, 0.15) is 69.6 Å². The van der Waals surface area contributed by atoms with Crippen molar-refractivity contribution in [1.29, 1.82) is 0 Å². The van der Waals surface area contributed by atoms with Crippen molar-refractivity contribution in [2.75, 3.05) is 19.1 Å². The summed E-state index contributed by atoms with van der Waals surface area (Å²) < 4.78 is 5.70. The molecule has 3 nitrogen and oxygen atoms in total. The second kappa shape index (κ2) is 8.38. The second-order valence-corrected chi connectivity index (χ2v) is 8.66. The lowest BCUT2D eigenvalue weighted by Gasteiger charge is -2.45. The summed E-state index contributed by atoms with van der Waals surface area (Å²) in [6.45, 7) is 9.15. The molecule has 0 saturated heterocycles. The molecule has 2 aromatic carbocycles. The van der Waals surface area contributed by atoms with E-state index < -0.39 is 0 Å². The van der Waals surface area contributed by atoms with Crippen molar-refractivity contribution >= 4 is 17.6 Å². The Kier molecular flexibility index (Phi) is 6.12. The van der Waals surface area contributed by atoms with Gasteiger partial charge in [-0.2, -0.15) is 0 Å². The van der Waals surface area contributed by atoms with Crippen LogP contribution in [0.2, 0.25) is 0 Å². The molecule has 2 aromatic rings. The molecule has 0 radical (unpaired) electrons. The predicted octanol–water partition coefficient (Wildman–Crippen LogP) is 6.51. The zero-order chi connectivity index (χ0) is 20.3. The third-order valence-electron chi connectivity index (χ3n) is 6.09. The van der Waals surface area contributed by atoms with Crippen molar-refractivity contribution in [3.05, 3.63) is 53.1 Å². The zero-order valence-electron chi connectivity index (χ0n) is 18.2. The number of rotatable bonds is 6. The molecule has 1 atom stereocenters. The monoisotopic (exact) mass is 378 g/mol. The lowest BCUT2D eigenvalue weighted by atomic mass is 9.80. The molecule has 0 bridgehead atoms. The van der Waals surface area contributed by atoms with Crippen molar-refractivity contribution in [3.8, 4) is 5.75 Å². The summed E-state index contributed by atoms with van der Waals surface area (Å²) in [6.07, 6.45) is 6.67. The maximum absolute atomic E-state index is 5.70. The van der Waals surface area contributed by atoms with Gasteiger partial charge in [-0.15, -0.1) is 0 Å². The molecule has 0 fully saturated rings. The third-order valence-corrected chi connectivity index (χ3v) is 6.09. The number of anilines is 1. The van der Waals surface area contributed by atoms with Crippen LogP contribution in [0.4, 0.5) is 11.4 Å². The van der Waals surface area contributed by atoms with E-state index in [9.17, 15) is 0 Å². The minimum absolute atomic E-state index is 0.145. The lowest BCUT2D eigenvalue weighted by molar-refractivity contribution is 0.389. The van der Waals surface area contributed by atoms with Crippen LogP contribution in [0.15, 0.2) is 41.4 Å². The van der Waals surface area contributed by atoms with E-state index in [1.807, 2.05) is 6.21 Å². The van der Waals surface area contributed by atoms with Gasteiger partial charge in [-0.25, -0.2) is 0 Å². The average molecular weight is 379 g/mol. The van der Waals surface area contributed by atoms with Gasteiger partial charge in [-0.05, 0) is 68.4 Å². The molecule has 0 aromatic heterocycles. The Hall–Kier alpha value is -2.29. The van der Waals surface area contributed by atoms with Crippen molar-refractivity contribution in [2.24, 2.45) is 4.99 Å². The van der Waals surface area contributed by atoms with Crippen molar-refractivity contribution in [2.45, 2.75) is 64.8 Å². The van der Waals surface area contributed by atoms with Crippen LogP contribution in [-0.2, 0) is 6.42 Å². The van der Waals surface area contributed by atoms with E-state index in [1.165, 1.54) is 29.7 Å². The zero-order valence-corrected chi connectivity index (χ0v) is 18.2. The fourth-order valence-electron chi connectivity index (χ4n) is 4.16. The number of fused-ring (bicyclic) bond motifs is 1. The number of methoxy groups -OCH3 is 1. The summed E-state index contributed by atoms with van der Waals surface area (Å²) in [5.74, 6) is 1.39. The highest BCUT2D eigenvalue weighted by molar-refractivity contribution is 5.87. The lowest BCUT2D eigenvalue weighted by Crippen LogP contribution is -2.45. The number of hydrogen-bond acceptors (Lipinski definition) is 3. The van der Waals surface area contributed by atoms with E-state index in [0.29, 0.717) is 5.92 Å². The van der Waals surface area contributed by atoms with Crippen LogP contribution in [-0.4, -0.2) is 25.9 Å². The molecule has 3 rings (SSSR count). The highest BCUT2D eigenvalue weighted by Crippen LogP contribution is 2.44. The van der Waals surface area contributed by atoms with E-state index in [1.54, 1.807) is 7.11 Å². The van der Waals surface area contributed by atoms with Gasteiger partial charge in [-0.3, -0.25) is 4.99 Å². The van der Waals surface area contributed by atoms with Gasteiger partial charge >= 0.3 is 0 Å². The molecule has 3 heteroatoms. The van der Waals surface area contributed by atoms with Gasteiger partial charge in [0.2, 0.25) is 0 Å². The first-order valence-corrected chi connectivity index (χ1v) is 10.4. The van der Waals surface area contributed by atoms with Crippen LogP contribution in [0.25, 0.3) is 0 Å². The summed E-state index contributed by atoms with van der Waals surface area (Å²) in [6, 6.07) is 13.0. The molecular formula is C25H34N2O. The Balaban J connectivity index is 1.88. The van der Waals surface area contributed by atoms with Gasteiger partial charge in [0.05, 0.1) is 12.8 Å². The molecule has 0 spiro atoms. The molecule has 1 aliphatic heterocycles. The molecule has 150 valence electrons. The second-order valence-electron chi connectivity index (χ2n) is 8.66. The summed E-state index contributed by atoms with van der Waals surface area (Å²) in [5, 5.41) is 0. The number of hydrogen-bond donors (Lipinski definition) is 0. The van der Waals surface area contributed by atoms with Crippen LogP contribution >= 0.6 is 0 Å². The summed E-state index contributed by atoms with van der Waals surface area (Å²) in [4.78, 5) is 7.09. The van der Waals surface area contributed by atoms with Gasteiger partial charge in [0.25, 0.3) is 0 Å². The van der Waals surface area contributed by atoms with Gasteiger partial charge in [0.1, 0.15) is 5.75 Å². The topological polar surface area (TPSA) is 24.8 Å². The van der Waals surface area contributed by atoms with Crippen molar-refractivity contribution < 1.29 is 4.74 Å². The Bertz CT molecular complexity index is 836. The molecule has 1 heterocycles. The first kappa shape index (κ1) is 20.4. The van der Waals surface area contributed by atoms with Gasteiger partial charge in [-0.1, -0.05) is 32.4 Å². The number of ether oxygens (including phenoxy) is 1. The fraction of sp³-hybridized carbons (Fsp3) is 0.480. The van der Waals surface area contributed by atoms with E-state index in [0.717, 1.165) is 29.8 Å². The van der Waals surface area contributed by atoms with Crippen LogP contribution in [0.3, 0.4) is 0 Å². The van der Waals surface area contributed by atoms with E-state index in [4.69, 9.17) is 9.73 Å². The van der Waals surface area contributed by atoms with Gasteiger partial charge < -0.3 is 9.64 Å². The van der Waals surface area contributed by atoms with Crippen LogP contribution in [0, 0.1) is 0 Å². The first-order valence-electron chi connectivity index (χ1n) is 10.4. The van der Waals surface area contributed by atoms with E-state index >= 15 is 0 Å². The number of unbranched alkanes of at least 4 members (excludes halogenated alkanes) is 1. The first-order chi connectivity index (χ1) is 13.4. The van der Waals surface area contributed by atoms with Gasteiger partial charge in [0, 0.05) is 36.1 Å². The van der Waals surface area contributed by atoms with Gasteiger partial charge in [0.15, 0.2) is 0 Å². The quantitative estimate of drug-likeness (QED) is 0.535. The summed E-state index contributed by atoms with van der Waals surface area (Å²) >= 11 is 0. The van der Waals surface area contributed by atoms with E-state index in [-0.39, 0.29) is 5.54 Å². The molecule has 1 aliphatic rings. The normalized spacial score (nSPS) is 18.4. The smallest absolute Gasteiger partial charge is 0.129 e. The minimum atomic E-state index is 0.145. The standard InChI is InChI=1S/C25H34N2O/c1-7-8-9-19-10-12-21(13-11-19)26-17-20-14-22-18(2)16-25(3,4)27(5)23(22)15-24(20)28-6/h10-15,17-18H,7-9,16H2,1-6H3. The predicted molar refractivity (Wildman–Crippen MR) is 121 cm³/mol. The van der Waals surface area contributed by atoms with E-state index in [2.05, 4.69) is 76.0 Å². The summed E-state index contributed by atoms with van der Waals surface area (Å²) in [7, 11) is 3.91. The maximum Gasteiger partial charge on any atom is 0.129 e. The average Bonchev–Trinajstić information content (AvgIpc) is 2.69. The van der Waals surface area contributed by atoms with Crippen LogP contribution < -0.4 is 9.64 Å². The molecule has 1 unspecified atom stereocenters. The number of aryl methyl sites for hydroxylation is 1. The Labute approximate surface area is 170 Å². The van der Waals surface area contributed by atoms with Crippen molar-refractivity contribution in [1.82, 2.24) is 0 Å². The minimum Gasteiger partial charge on any atom is -0.496 e. The molecule has 0 saturated carbocycles. The highest BCUT2D eigenvalue weighted by atomic mass is 16.5.